The Morgan fingerprint density at radius 3 is 2.35 bits per heavy atom. The number of carbonyl (C=O) groups is 4. The smallest absolute Gasteiger partial charge is 0.326 e. The van der Waals surface area contributed by atoms with Crippen LogP contribution in [-0.2, 0) is 19.1 Å². The Bertz CT molecular complexity index is 370. The second-order valence-electron chi connectivity index (χ2n) is 3.80. The van der Waals surface area contributed by atoms with Crippen LogP contribution in [0.3, 0.4) is 0 Å². The van der Waals surface area contributed by atoms with Gasteiger partial charge in [-0.05, 0) is 13.3 Å². The van der Waals surface area contributed by atoms with E-state index in [2.05, 4.69) is 10.1 Å². The van der Waals surface area contributed by atoms with Gasteiger partial charge < -0.3 is 25.6 Å². The molecule has 0 aromatic heterocycles. The summed E-state index contributed by atoms with van der Waals surface area (Å²) in [4.78, 5) is 43.4. The lowest BCUT2D eigenvalue weighted by Gasteiger charge is -2.13. The zero-order valence-corrected chi connectivity index (χ0v) is 11.0. The average Bonchev–Trinajstić information content (AvgIpc) is 2.33. The third-order valence-corrected chi connectivity index (χ3v) is 2.13. The van der Waals surface area contributed by atoms with Crippen LogP contribution < -0.4 is 10.6 Å². The predicted octanol–water partition coefficient (Wildman–Crippen LogP) is -0.443. The number of aliphatic carboxylic acids is 2. The maximum Gasteiger partial charge on any atom is 0.326 e. The molecule has 0 aromatic carbocycles. The van der Waals surface area contributed by atoms with Gasteiger partial charge in [-0.25, -0.2) is 9.59 Å². The summed E-state index contributed by atoms with van der Waals surface area (Å²) in [5, 5.41) is 21.5. The molecule has 4 N–H and O–H groups in total. The van der Waals surface area contributed by atoms with E-state index in [1.54, 1.807) is 6.92 Å². The molecule has 0 saturated carbocycles. The van der Waals surface area contributed by atoms with E-state index in [-0.39, 0.29) is 25.5 Å². The quantitative estimate of drug-likeness (QED) is 0.333. The molecule has 0 aliphatic heterocycles. The van der Waals surface area contributed by atoms with Crippen molar-refractivity contribution in [2.75, 3.05) is 13.2 Å². The monoisotopic (exact) mass is 290 g/mol. The van der Waals surface area contributed by atoms with Crippen LogP contribution in [0.15, 0.2) is 0 Å². The lowest BCUT2D eigenvalue weighted by molar-refractivity contribution is -0.145. The molecule has 20 heavy (non-hydrogen) atoms. The van der Waals surface area contributed by atoms with Gasteiger partial charge in [-0.1, -0.05) is 0 Å². The van der Waals surface area contributed by atoms with Crippen LogP contribution in [0.5, 0.6) is 0 Å². The topological polar surface area (TPSA) is 142 Å². The van der Waals surface area contributed by atoms with Gasteiger partial charge in [0.25, 0.3) is 0 Å². The van der Waals surface area contributed by atoms with Gasteiger partial charge in [0.2, 0.25) is 0 Å². The molecule has 0 aliphatic carbocycles. The van der Waals surface area contributed by atoms with Crippen molar-refractivity contribution in [1.29, 1.82) is 0 Å². The van der Waals surface area contributed by atoms with Crippen molar-refractivity contribution in [2.24, 2.45) is 0 Å². The van der Waals surface area contributed by atoms with Gasteiger partial charge in [-0.15, -0.1) is 0 Å². The van der Waals surface area contributed by atoms with Gasteiger partial charge in [0, 0.05) is 13.0 Å². The van der Waals surface area contributed by atoms with Gasteiger partial charge in [0.05, 0.1) is 13.0 Å². The van der Waals surface area contributed by atoms with Crippen molar-refractivity contribution >= 4 is 23.9 Å². The van der Waals surface area contributed by atoms with Crippen LogP contribution in [0.25, 0.3) is 0 Å². The highest BCUT2D eigenvalue weighted by atomic mass is 16.5. The van der Waals surface area contributed by atoms with Crippen LogP contribution in [0.2, 0.25) is 0 Å². The molecule has 0 saturated heterocycles. The maximum atomic E-state index is 11.3. The third kappa shape index (κ3) is 8.72. The summed E-state index contributed by atoms with van der Waals surface area (Å²) in [6, 6.07) is -2.31. The van der Waals surface area contributed by atoms with Crippen molar-refractivity contribution in [3.05, 3.63) is 0 Å². The number of hydrogen-bond acceptors (Lipinski definition) is 5. The largest absolute Gasteiger partial charge is 0.481 e. The number of urea groups is 1. The minimum Gasteiger partial charge on any atom is -0.481 e. The molecule has 0 heterocycles. The number of carboxylic acid groups (broad SMARTS) is 2. The standard InChI is InChI=1S/C11H18N2O7/c1-2-20-9(16)4-3-5-12-11(19)13-7(10(17)18)6-8(14)15/h7H,2-6H2,1H3,(H,14,15)(H,17,18)(H2,12,13,19)/t7-/m0/s1. The van der Waals surface area contributed by atoms with Crippen LogP contribution in [0, 0.1) is 0 Å². The molecule has 0 fully saturated rings. The van der Waals surface area contributed by atoms with E-state index in [0.29, 0.717) is 6.42 Å². The molecule has 0 rings (SSSR count). The first kappa shape index (κ1) is 17.7. The number of esters is 1. The van der Waals surface area contributed by atoms with Crippen molar-refractivity contribution in [3.63, 3.8) is 0 Å². The van der Waals surface area contributed by atoms with Crippen LogP contribution in [-0.4, -0.2) is 53.3 Å². The van der Waals surface area contributed by atoms with E-state index >= 15 is 0 Å². The number of amides is 2. The first-order valence-electron chi connectivity index (χ1n) is 6.01. The van der Waals surface area contributed by atoms with E-state index in [0.717, 1.165) is 0 Å². The van der Waals surface area contributed by atoms with Crippen LogP contribution in [0.4, 0.5) is 4.79 Å². The van der Waals surface area contributed by atoms with E-state index in [1.807, 2.05) is 5.32 Å². The minimum atomic E-state index is -1.50. The van der Waals surface area contributed by atoms with Crippen LogP contribution in [0.1, 0.15) is 26.2 Å². The molecule has 0 unspecified atom stereocenters. The summed E-state index contributed by atoms with van der Waals surface area (Å²) in [6.07, 6.45) is -0.250. The number of hydrogen-bond donors (Lipinski definition) is 4. The second kappa shape index (κ2) is 9.59. The number of carboxylic acids is 2. The van der Waals surface area contributed by atoms with Gasteiger partial charge in [-0.2, -0.15) is 0 Å². The number of ether oxygens (including phenoxy) is 1. The van der Waals surface area contributed by atoms with Gasteiger partial charge in [-0.3, -0.25) is 9.59 Å². The summed E-state index contributed by atoms with van der Waals surface area (Å²) in [5.41, 5.74) is 0. The molecule has 9 nitrogen and oxygen atoms in total. The molecular weight excluding hydrogens is 272 g/mol. The zero-order chi connectivity index (χ0) is 15.5. The first-order valence-corrected chi connectivity index (χ1v) is 6.01. The molecule has 0 spiro atoms. The maximum absolute atomic E-state index is 11.3. The predicted molar refractivity (Wildman–Crippen MR) is 66.1 cm³/mol. The summed E-state index contributed by atoms with van der Waals surface area (Å²) < 4.78 is 4.68. The fourth-order valence-electron chi connectivity index (χ4n) is 1.25. The Labute approximate surface area is 115 Å². The Balaban J connectivity index is 3.94. The molecule has 0 aromatic rings. The van der Waals surface area contributed by atoms with Gasteiger partial charge in [0.1, 0.15) is 6.04 Å². The number of nitrogens with one attached hydrogen (secondary N) is 2. The number of carbonyl (C=O) groups excluding carboxylic acids is 2. The average molecular weight is 290 g/mol. The highest BCUT2D eigenvalue weighted by Gasteiger charge is 2.22. The lowest BCUT2D eigenvalue weighted by Crippen LogP contribution is -2.47. The fourth-order valence-corrected chi connectivity index (χ4v) is 1.25. The van der Waals surface area contributed by atoms with E-state index in [9.17, 15) is 19.2 Å². The van der Waals surface area contributed by atoms with Gasteiger partial charge >= 0.3 is 23.9 Å². The molecule has 114 valence electrons. The third-order valence-electron chi connectivity index (χ3n) is 2.13. The summed E-state index contributed by atoms with van der Waals surface area (Å²) in [7, 11) is 0. The normalized spacial score (nSPS) is 11.2. The van der Waals surface area contributed by atoms with E-state index in [4.69, 9.17) is 10.2 Å². The molecular formula is C11H18N2O7. The molecule has 0 bridgehead atoms. The molecule has 0 aliphatic rings. The molecule has 0 radical (unpaired) electrons. The summed E-state index contributed by atoms with van der Waals surface area (Å²) in [5.74, 6) is -3.15. The lowest BCUT2D eigenvalue weighted by atomic mass is 10.2. The van der Waals surface area contributed by atoms with Crippen molar-refractivity contribution in [1.82, 2.24) is 10.6 Å². The minimum absolute atomic E-state index is 0.131. The van der Waals surface area contributed by atoms with E-state index in [1.165, 1.54) is 0 Å². The van der Waals surface area contributed by atoms with Crippen LogP contribution >= 0.6 is 0 Å². The molecule has 9 heteroatoms. The zero-order valence-electron chi connectivity index (χ0n) is 11.0. The highest BCUT2D eigenvalue weighted by Crippen LogP contribution is 1.94. The first-order chi connectivity index (χ1) is 9.36. The second-order valence-corrected chi connectivity index (χ2v) is 3.80. The number of rotatable bonds is 9. The molecule has 1 atom stereocenters. The van der Waals surface area contributed by atoms with Crippen molar-refractivity contribution < 1.29 is 34.1 Å². The van der Waals surface area contributed by atoms with Gasteiger partial charge in [0.15, 0.2) is 0 Å². The van der Waals surface area contributed by atoms with Crippen molar-refractivity contribution in [2.45, 2.75) is 32.2 Å². The summed E-state index contributed by atoms with van der Waals surface area (Å²) >= 11 is 0. The Morgan fingerprint density at radius 1 is 1.20 bits per heavy atom. The fraction of sp³-hybridized carbons (Fsp3) is 0.636. The Hall–Kier alpha value is -2.32. The van der Waals surface area contributed by atoms with Crippen molar-refractivity contribution in [3.8, 4) is 0 Å². The molecule has 2 amide bonds. The highest BCUT2D eigenvalue weighted by molar-refractivity contribution is 5.86. The Kier molecular flexibility index (Phi) is 8.48. The Morgan fingerprint density at radius 2 is 1.85 bits per heavy atom. The summed E-state index contributed by atoms with van der Waals surface area (Å²) in [6.45, 7) is 2.10. The van der Waals surface area contributed by atoms with E-state index < -0.39 is 30.4 Å². The SMILES string of the molecule is CCOC(=O)CCCNC(=O)N[C@@H](CC(=O)O)C(=O)O.